The van der Waals surface area contributed by atoms with Crippen LogP contribution in [-0.4, -0.2) is 49.6 Å². The van der Waals surface area contributed by atoms with Crippen molar-refractivity contribution in [1.82, 2.24) is 10.2 Å². The van der Waals surface area contributed by atoms with Crippen LogP contribution in [0, 0.1) is 0 Å². The third kappa shape index (κ3) is 5.79. The molecule has 2 amide bonds. The molecule has 6 nitrogen and oxygen atoms in total. The number of ether oxygens (including phenoxy) is 2. The lowest BCUT2D eigenvalue weighted by Crippen LogP contribution is -2.47. The Morgan fingerprint density at radius 1 is 1.23 bits per heavy atom. The first kappa shape index (κ1) is 21.5. The fourth-order valence-corrected chi connectivity index (χ4v) is 2.61. The summed E-state index contributed by atoms with van der Waals surface area (Å²) in [6.07, 6.45) is 2.28. The smallest absolute Gasteiger partial charge is 0.254 e. The lowest BCUT2D eigenvalue weighted by molar-refractivity contribution is -0.123. The number of amides is 2. The van der Waals surface area contributed by atoms with E-state index >= 15 is 0 Å². The Bertz CT molecular complexity index is 663. The molecule has 1 aromatic carbocycles. The van der Waals surface area contributed by atoms with E-state index in [0.717, 1.165) is 5.56 Å². The van der Waals surface area contributed by atoms with Crippen LogP contribution >= 0.6 is 0 Å². The maximum absolute atomic E-state index is 12.9. The molecule has 0 fully saturated rings. The van der Waals surface area contributed by atoms with Crippen LogP contribution in [0.3, 0.4) is 0 Å². The summed E-state index contributed by atoms with van der Waals surface area (Å²) in [5.74, 6) is 0.630. The molecule has 0 aliphatic rings. The summed E-state index contributed by atoms with van der Waals surface area (Å²) >= 11 is 0. The molecule has 0 aromatic heterocycles. The van der Waals surface area contributed by atoms with Crippen LogP contribution in [0.2, 0.25) is 0 Å². The first-order valence-corrected chi connectivity index (χ1v) is 8.62. The SMILES string of the molecule is C=CCc1cc(C(=O)N(CC)CC(=O)NC(C)(C)C)cc(OC)c1OC. The number of likely N-dealkylation sites (N-methyl/N-ethyl adjacent to an activating group) is 1. The highest BCUT2D eigenvalue weighted by Crippen LogP contribution is 2.33. The topological polar surface area (TPSA) is 67.9 Å². The number of benzene rings is 1. The molecular formula is C20H30N2O4. The van der Waals surface area contributed by atoms with Gasteiger partial charge >= 0.3 is 0 Å². The van der Waals surface area contributed by atoms with E-state index in [1.165, 1.54) is 12.0 Å². The number of rotatable bonds is 8. The summed E-state index contributed by atoms with van der Waals surface area (Å²) in [7, 11) is 3.08. The Hall–Kier alpha value is -2.50. The minimum absolute atomic E-state index is 0.00224. The largest absolute Gasteiger partial charge is 0.493 e. The number of methoxy groups -OCH3 is 2. The zero-order chi connectivity index (χ0) is 19.9. The number of nitrogens with one attached hydrogen (secondary N) is 1. The van der Waals surface area contributed by atoms with Crippen LogP contribution in [0.4, 0.5) is 0 Å². The number of carbonyl (C=O) groups excluding carboxylic acids is 2. The first-order valence-electron chi connectivity index (χ1n) is 8.62. The minimum Gasteiger partial charge on any atom is -0.493 e. The quantitative estimate of drug-likeness (QED) is 0.722. The van der Waals surface area contributed by atoms with Gasteiger partial charge in [0.1, 0.15) is 0 Å². The van der Waals surface area contributed by atoms with Crippen molar-refractivity contribution in [3.05, 3.63) is 35.9 Å². The van der Waals surface area contributed by atoms with E-state index in [1.54, 1.807) is 25.3 Å². The van der Waals surface area contributed by atoms with Gasteiger partial charge in [-0.25, -0.2) is 0 Å². The van der Waals surface area contributed by atoms with Gasteiger partial charge < -0.3 is 19.7 Å². The van der Waals surface area contributed by atoms with Crippen LogP contribution in [-0.2, 0) is 11.2 Å². The van der Waals surface area contributed by atoms with Gasteiger partial charge in [-0.05, 0) is 46.2 Å². The molecule has 0 bridgehead atoms. The lowest BCUT2D eigenvalue weighted by Gasteiger charge is -2.25. The van der Waals surface area contributed by atoms with E-state index in [2.05, 4.69) is 11.9 Å². The molecule has 1 aromatic rings. The molecule has 0 spiro atoms. The molecule has 0 saturated heterocycles. The van der Waals surface area contributed by atoms with Gasteiger partial charge in [0.15, 0.2) is 11.5 Å². The van der Waals surface area contributed by atoms with Crippen molar-refractivity contribution in [2.75, 3.05) is 27.3 Å². The Labute approximate surface area is 156 Å². The van der Waals surface area contributed by atoms with Gasteiger partial charge in [-0.2, -0.15) is 0 Å². The van der Waals surface area contributed by atoms with Crippen molar-refractivity contribution in [1.29, 1.82) is 0 Å². The lowest BCUT2D eigenvalue weighted by atomic mass is 10.0. The normalized spacial score (nSPS) is 10.8. The first-order chi connectivity index (χ1) is 12.2. The Kier molecular flexibility index (Phi) is 7.68. The van der Waals surface area contributed by atoms with Crippen molar-refractivity contribution in [2.45, 2.75) is 39.7 Å². The average molecular weight is 362 g/mol. The zero-order valence-electron chi connectivity index (χ0n) is 16.6. The van der Waals surface area contributed by atoms with E-state index in [-0.39, 0.29) is 23.9 Å². The third-order valence-corrected chi connectivity index (χ3v) is 3.68. The highest BCUT2D eigenvalue weighted by Gasteiger charge is 2.22. The Morgan fingerprint density at radius 2 is 1.88 bits per heavy atom. The summed E-state index contributed by atoms with van der Waals surface area (Å²) in [4.78, 5) is 26.6. The van der Waals surface area contributed by atoms with E-state index in [0.29, 0.717) is 30.0 Å². The van der Waals surface area contributed by atoms with Gasteiger partial charge in [0.2, 0.25) is 5.91 Å². The van der Waals surface area contributed by atoms with E-state index in [4.69, 9.17) is 9.47 Å². The fourth-order valence-electron chi connectivity index (χ4n) is 2.61. The average Bonchev–Trinajstić information content (AvgIpc) is 2.56. The van der Waals surface area contributed by atoms with Crippen LogP contribution in [0.5, 0.6) is 11.5 Å². The Morgan fingerprint density at radius 3 is 2.35 bits per heavy atom. The summed E-state index contributed by atoms with van der Waals surface area (Å²) in [5.41, 5.74) is 0.908. The molecule has 6 heteroatoms. The number of carbonyl (C=O) groups is 2. The molecule has 0 aliphatic heterocycles. The predicted octanol–water partition coefficient (Wildman–Crippen LogP) is 2.81. The summed E-state index contributed by atoms with van der Waals surface area (Å²) in [6.45, 7) is 11.7. The molecule has 1 rings (SSSR count). The molecule has 0 saturated carbocycles. The van der Waals surface area contributed by atoms with E-state index < -0.39 is 0 Å². The number of nitrogens with zero attached hydrogens (tertiary/aromatic N) is 1. The molecule has 0 heterocycles. The molecule has 0 atom stereocenters. The van der Waals surface area contributed by atoms with Crippen molar-refractivity contribution in [3.63, 3.8) is 0 Å². The highest BCUT2D eigenvalue weighted by molar-refractivity contribution is 5.97. The van der Waals surface area contributed by atoms with Crippen LogP contribution < -0.4 is 14.8 Å². The highest BCUT2D eigenvalue weighted by atomic mass is 16.5. The monoisotopic (exact) mass is 362 g/mol. The second-order valence-corrected chi connectivity index (χ2v) is 6.98. The molecule has 1 N–H and O–H groups in total. The summed E-state index contributed by atoms with van der Waals surface area (Å²) in [6, 6.07) is 3.40. The number of hydrogen-bond donors (Lipinski definition) is 1. The molecular weight excluding hydrogens is 332 g/mol. The van der Waals surface area contributed by atoms with E-state index in [9.17, 15) is 9.59 Å². The molecule has 0 aliphatic carbocycles. The van der Waals surface area contributed by atoms with Crippen LogP contribution in [0.25, 0.3) is 0 Å². The van der Waals surface area contributed by atoms with Gasteiger partial charge in [-0.15, -0.1) is 6.58 Å². The minimum atomic E-state index is -0.347. The van der Waals surface area contributed by atoms with Gasteiger partial charge in [0.05, 0.1) is 20.8 Å². The number of hydrogen-bond acceptors (Lipinski definition) is 4. The van der Waals surface area contributed by atoms with E-state index in [1.807, 2.05) is 27.7 Å². The summed E-state index contributed by atoms with van der Waals surface area (Å²) in [5, 5.41) is 2.87. The Balaban J connectivity index is 3.14. The third-order valence-electron chi connectivity index (χ3n) is 3.68. The second-order valence-electron chi connectivity index (χ2n) is 6.98. The number of allylic oxidation sites excluding steroid dienone is 1. The van der Waals surface area contributed by atoms with Gasteiger partial charge in [0.25, 0.3) is 5.91 Å². The fraction of sp³-hybridized carbons (Fsp3) is 0.500. The van der Waals surface area contributed by atoms with Crippen molar-refractivity contribution < 1.29 is 19.1 Å². The van der Waals surface area contributed by atoms with Gasteiger partial charge in [-0.1, -0.05) is 6.08 Å². The summed E-state index contributed by atoms with van der Waals surface area (Å²) < 4.78 is 10.8. The molecule has 26 heavy (non-hydrogen) atoms. The molecule has 0 radical (unpaired) electrons. The predicted molar refractivity (Wildman–Crippen MR) is 103 cm³/mol. The second kappa shape index (κ2) is 9.27. The van der Waals surface area contributed by atoms with Crippen molar-refractivity contribution in [2.24, 2.45) is 0 Å². The van der Waals surface area contributed by atoms with Crippen molar-refractivity contribution in [3.8, 4) is 11.5 Å². The molecule has 144 valence electrons. The maximum atomic E-state index is 12.9. The zero-order valence-corrected chi connectivity index (χ0v) is 16.6. The standard InChI is InChI=1S/C20H30N2O4/c1-8-10-14-11-15(12-16(25-6)18(14)26-7)19(24)22(9-2)13-17(23)21-20(3,4)5/h8,11-12H,1,9-10,13H2,2-7H3,(H,21,23). The maximum Gasteiger partial charge on any atom is 0.254 e. The van der Waals surface area contributed by atoms with Gasteiger partial charge in [-0.3, -0.25) is 9.59 Å². The van der Waals surface area contributed by atoms with Crippen LogP contribution in [0.1, 0.15) is 43.6 Å². The van der Waals surface area contributed by atoms with Crippen molar-refractivity contribution >= 4 is 11.8 Å². The van der Waals surface area contributed by atoms with Crippen LogP contribution in [0.15, 0.2) is 24.8 Å². The molecule has 0 unspecified atom stereocenters. The van der Waals surface area contributed by atoms with Gasteiger partial charge in [0, 0.05) is 23.2 Å².